The second-order valence-electron chi connectivity index (χ2n) is 6.11. The molecule has 0 saturated carbocycles. The summed E-state index contributed by atoms with van der Waals surface area (Å²) in [4.78, 5) is 0.406. The third-order valence-corrected chi connectivity index (χ3v) is 6.44. The molecular weight excluding hydrogens is 344 g/mol. The van der Waals surface area contributed by atoms with Gasteiger partial charge in [0, 0.05) is 12.6 Å². The zero-order chi connectivity index (χ0) is 16.3. The van der Waals surface area contributed by atoms with Crippen molar-refractivity contribution >= 4 is 33.2 Å². The molecule has 0 radical (unpaired) electrons. The number of hydrogen-bond donors (Lipinski definition) is 1. The van der Waals surface area contributed by atoms with E-state index in [1.807, 2.05) is 37.3 Å². The molecule has 0 atom stereocenters. The van der Waals surface area contributed by atoms with Gasteiger partial charge in [0.15, 0.2) is 0 Å². The minimum absolute atomic E-state index is 0. The van der Waals surface area contributed by atoms with Crippen molar-refractivity contribution in [1.29, 1.82) is 0 Å². The lowest BCUT2D eigenvalue weighted by molar-refractivity contribution is 0.262. The highest BCUT2D eigenvalue weighted by atomic mass is 35.5. The number of rotatable bonds is 5. The molecule has 1 fully saturated rings. The predicted molar refractivity (Wildman–Crippen MR) is 101 cm³/mol. The van der Waals surface area contributed by atoms with Crippen LogP contribution in [0.3, 0.4) is 0 Å². The number of piperidine rings is 1. The van der Waals surface area contributed by atoms with E-state index in [4.69, 9.17) is 0 Å². The standard InChI is InChI=1S/C18H24N2O2S.ClH/c1-2-13-20(17-9-11-19-12-10-17)23(21,22)18-8-7-15-5-3-4-6-16(15)14-18;/h3-8,14,17,19H,2,9-13H2,1H3;1H. The summed E-state index contributed by atoms with van der Waals surface area (Å²) in [5.41, 5.74) is 0. The molecule has 1 heterocycles. The van der Waals surface area contributed by atoms with Crippen molar-refractivity contribution in [3.8, 4) is 0 Å². The van der Waals surface area contributed by atoms with E-state index >= 15 is 0 Å². The van der Waals surface area contributed by atoms with Gasteiger partial charge >= 0.3 is 0 Å². The Kier molecular flexibility index (Phi) is 6.63. The van der Waals surface area contributed by atoms with Crippen molar-refractivity contribution in [3.05, 3.63) is 42.5 Å². The minimum Gasteiger partial charge on any atom is -0.317 e. The average molecular weight is 369 g/mol. The molecule has 3 rings (SSSR count). The van der Waals surface area contributed by atoms with E-state index in [9.17, 15) is 8.42 Å². The van der Waals surface area contributed by atoms with Crippen molar-refractivity contribution in [1.82, 2.24) is 9.62 Å². The summed E-state index contributed by atoms with van der Waals surface area (Å²) in [5, 5.41) is 5.34. The summed E-state index contributed by atoms with van der Waals surface area (Å²) in [6.45, 7) is 4.39. The Morgan fingerprint density at radius 1 is 1.08 bits per heavy atom. The van der Waals surface area contributed by atoms with Crippen LogP contribution < -0.4 is 5.32 Å². The van der Waals surface area contributed by atoms with Gasteiger partial charge in [-0.05, 0) is 55.3 Å². The van der Waals surface area contributed by atoms with Gasteiger partial charge < -0.3 is 5.32 Å². The molecule has 24 heavy (non-hydrogen) atoms. The van der Waals surface area contributed by atoms with Crippen LogP contribution in [-0.2, 0) is 10.0 Å². The molecule has 6 heteroatoms. The number of benzene rings is 2. The van der Waals surface area contributed by atoms with Gasteiger partial charge in [0.1, 0.15) is 0 Å². The van der Waals surface area contributed by atoms with Crippen molar-refractivity contribution in [3.63, 3.8) is 0 Å². The second-order valence-corrected chi connectivity index (χ2v) is 8.00. The Labute approximate surface area is 150 Å². The largest absolute Gasteiger partial charge is 0.317 e. The first-order chi connectivity index (χ1) is 11.1. The quantitative estimate of drug-likeness (QED) is 0.879. The minimum atomic E-state index is -3.45. The topological polar surface area (TPSA) is 49.4 Å². The van der Waals surface area contributed by atoms with E-state index in [0.29, 0.717) is 11.4 Å². The van der Waals surface area contributed by atoms with Crippen LogP contribution in [0.2, 0.25) is 0 Å². The van der Waals surface area contributed by atoms with Crippen LogP contribution in [0.1, 0.15) is 26.2 Å². The SMILES string of the molecule is CCCN(C1CCNCC1)S(=O)(=O)c1ccc2ccccc2c1.Cl. The number of nitrogens with zero attached hydrogens (tertiary/aromatic N) is 1. The number of fused-ring (bicyclic) bond motifs is 1. The van der Waals surface area contributed by atoms with Gasteiger partial charge in [0.25, 0.3) is 0 Å². The molecule has 2 aromatic rings. The number of nitrogens with one attached hydrogen (secondary N) is 1. The highest BCUT2D eigenvalue weighted by molar-refractivity contribution is 7.89. The molecule has 0 unspecified atom stereocenters. The first-order valence-corrected chi connectivity index (χ1v) is 9.78. The lowest BCUT2D eigenvalue weighted by Gasteiger charge is -2.33. The number of hydrogen-bond acceptors (Lipinski definition) is 3. The van der Waals surface area contributed by atoms with E-state index in [1.165, 1.54) is 0 Å². The fourth-order valence-corrected chi connectivity index (χ4v) is 5.09. The van der Waals surface area contributed by atoms with Crippen LogP contribution in [0.25, 0.3) is 10.8 Å². The van der Waals surface area contributed by atoms with Gasteiger partial charge in [-0.25, -0.2) is 8.42 Å². The van der Waals surface area contributed by atoms with Crippen LogP contribution in [0.4, 0.5) is 0 Å². The summed E-state index contributed by atoms with van der Waals surface area (Å²) < 4.78 is 28.1. The zero-order valence-electron chi connectivity index (χ0n) is 13.9. The molecule has 1 saturated heterocycles. The van der Waals surface area contributed by atoms with E-state index in [-0.39, 0.29) is 18.4 Å². The molecule has 1 aliphatic heterocycles. The van der Waals surface area contributed by atoms with Crippen LogP contribution in [-0.4, -0.2) is 38.4 Å². The summed E-state index contributed by atoms with van der Waals surface area (Å²) in [7, 11) is -3.45. The molecule has 2 aromatic carbocycles. The first kappa shape index (κ1) is 19.2. The normalized spacial score (nSPS) is 16.2. The maximum atomic E-state index is 13.2. The van der Waals surface area contributed by atoms with Gasteiger partial charge in [-0.15, -0.1) is 12.4 Å². The predicted octanol–water partition coefficient (Wildman–Crippen LogP) is 3.41. The maximum absolute atomic E-state index is 13.2. The molecule has 0 aromatic heterocycles. The van der Waals surface area contributed by atoms with Crippen LogP contribution in [0, 0.1) is 0 Å². The Hall–Kier alpha value is -1.14. The summed E-state index contributed by atoms with van der Waals surface area (Å²) in [6, 6.07) is 13.4. The number of halogens is 1. The molecule has 4 nitrogen and oxygen atoms in total. The number of sulfonamides is 1. The monoisotopic (exact) mass is 368 g/mol. The molecule has 0 aliphatic carbocycles. The Morgan fingerprint density at radius 2 is 1.75 bits per heavy atom. The average Bonchev–Trinajstić information content (AvgIpc) is 2.60. The molecule has 0 spiro atoms. The van der Waals surface area contributed by atoms with E-state index < -0.39 is 10.0 Å². The Morgan fingerprint density at radius 3 is 2.42 bits per heavy atom. The summed E-state index contributed by atoms with van der Waals surface area (Å²) in [5.74, 6) is 0. The van der Waals surface area contributed by atoms with E-state index in [1.54, 1.807) is 16.4 Å². The third-order valence-electron chi connectivity index (χ3n) is 4.49. The maximum Gasteiger partial charge on any atom is 0.243 e. The molecule has 1 N–H and O–H groups in total. The van der Waals surface area contributed by atoms with Crippen molar-refractivity contribution in [2.24, 2.45) is 0 Å². The van der Waals surface area contributed by atoms with Crippen molar-refractivity contribution < 1.29 is 8.42 Å². The summed E-state index contributed by atoms with van der Waals surface area (Å²) in [6.07, 6.45) is 2.59. The zero-order valence-corrected chi connectivity index (χ0v) is 15.6. The highest BCUT2D eigenvalue weighted by Crippen LogP contribution is 2.25. The van der Waals surface area contributed by atoms with Crippen LogP contribution in [0.5, 0.6) is 0 Å². The van der Waals surface area contributed by atoms with Crippen LogP contribution >= 0.6 is 12.4 Å². The van der Waals surface area contributed by atoms with Crippen molar-refractivity contribution in [2.45, 2.75) is 37.1 Å². The molecule has 0 bridgehead atoms. The van der Waals surface area contributed by atoms with Gasteiger partial charge in [-0.2, -0.15) is 4.31 Å². The first-order valence-electron chi connectivity index (χ1n) is 8.34. The third kappa shape index (κ3) is 3.91. The fourth-order valence-electron chi connectivity index (χ4n) is 3.28. The Balaban J connectivity index is 0.00000208. The summed E-state index contributed by atoms with van der Waals surface area (Å²) >= 11 is 0. The second kappa shape index (κ2) is 8.30. The lowest BCUT2D eigenvalue weighted by atomic mass is 10.1. The van der Waals surface area contributed by atoms with Crippen molar-refractivity contribution in [2.75, 3.05) is 19.6 Å². The fraction of sp³-hybridized carbons (Fsp3) is 0.444. The van der Waals surface area contributed by atoms with Gasteiger partial charge in [0.2, 0.25) is 10.0 Å². The molecule has 132 valence electrons. The molecule has 1 aliphatic rings. The molecule has 0 amide bonds. The van der Waals surface area contributed by atoms with Crippen LogP contribution in [0.15, 0.2) is 47.4 Å². The van der Waals surface area contributed by atoms with Gasteiger partial charge in [-0.1, -0.05) is 37.3 Å². The van der Waals surface area contributed by atoms with E-state index in [2.05, 4.69) is 5.32 Å². The molecular formula is C18H25ClN2O2S. The van der Waals surface area contributed by atoms with Gasteiger partial charge in [-0.3, -0.25) is 0 Å². The van der Waals surface area contributed by atoms with Gasteiger partial charge in [0.05, 0.1) is 4.90 Å². The lowest BCUT2D eigenvalue weighted by Crippen LogP contribution is -2.46. The Bertz CT molecular complexity index is 773. The highest BCUT2D eigenvalue weighted by Gasteiger charge is 2.31. The van der Waals surface area contributed by atoms with E-state index in [0.717, 1.165) is 43.1 Å². The smallest absolute Gasteiger partial charge is 0.243 e.